The fraction of sp³-hybridized carbons (Fsp3) is 0.235. The molecule has 1 heterocycles. The summed E-state index contributed by atoms with van der Waals surface area (Å²) in [6.45, 7) is 4.02. The van der Waals surface area contributed by atoms with E-state index in [4.69, 9.17) is 0 Å². The molecule has 178 valence electrons. The Bertz CT molecular complexity index is 1370. The van der Waals surface area contributed by atoms with Gasteiger partial charge < -0.3 is 9.59 Å². The summed E-state index contributed by atoms with van der Waals surface area (Å²) in [7, 11) is 0. The van der Waals surface area contributed by atoms with Crippen molar-refractivity contribution in [3.8, 4) is 23.0 Å². The number of quaternary nitrogens is 1. The largest absolute Gasteiger partial charge is 0.379 e. The molecule has 2 atom stereocenters. The van der Waals surface area contributed by atoms with E-state index in [2.05, 4.69) is 84.6 Å². The van der Waals surface area contributed by atoms with Crippen molar-refractivity contribution in [1.82, 2.24) is 0 Å². The average molecular weight is 471 g/mol. The van der Waals surface area contributed by atoms with E-state index in [0.717, 1.165) is 52.9 Å². The van der Waals surface area contributed by atoms with Crippen LogP contribution in [-0.2, 0) is 12.1 Å². The highest BCUT2D eigenvalue weighted by Gasteiger charge is 2.41. The number of rotatable bonds is 5. The van der Waals surface area contributed by atoms with Crippen molar-refractivity contribution in [2.75, 3.05) is 19.6 Å². The zero-order valence-electron chi connectivity index (χ0n) is 20.6. The molecule has 2 heteroatoms. The highest BCUT2D eigenvalue weighted by atomic mass is 16.3. The van der Waals surface area contributed by atoms with E-state index in [1.165, 1.54) is 17.5 Å². The highest BCUT2D eigenvalue weighted by molar-refractivity contribution is 5.80. The molecule has 1 fully saturated rings. The van der Waals surface area contributed by atoms with Crippen LogP contribution in [0.15, 0.2) is 109 Å². The molecule has 1 aliphatic heterocycles. The third-order valence-electron chi connectivity index (χ3n) is 8.11. The van der Waals surface area contributed by atoms with Crippen molar-refractivity contribution in [2.24, 2.45) is 0 Å². The minimum Gasteiger partial charge on any atom is -0.379 e. The normalized spacial score (nSPS) is 21.3. The molecule has 0 spiro atoms. The number of fused-ring (bicyclic) bond motifs is 3. The molecule has 1 N–H and O–H groups in total. The summed E-state index contributed by atoms with van der Waals surface area (Å²) in [4.78, 5) is 0. The summed E-state index contributed by atoms with van der Waals surface area (Å²) in [5.74, 6) is 7.53. The van der Waals surface area contributed by atoms with Gasteiger partial charge >= 0.3 is 0 Å². The lowest BCUT2D eigenvalue weighted by atomic mass is 9.88. The van der Waals surface area contributed by atoms with Gasteiger partial charge in [-0.1, -0.05) is 115 Å². The maximum atomic E-state index is 11.9. The van der Waals surface area contributed by atoms with Gasteiger partial charge in [0.25, 0.3) is 0 Å². The Kier molecular flexibility index (Phi) is 5.97. The van der Waals surface area contributed by atoms with E-state index < -0.39 is 5.60 Å². The number of likely N-dealkylation sites (tertiary alicyclic amines) is 1. The number of benzene rings is 4. The van der Waals surface area contributed by atoms with Crippen molar-refractivity contribution >= 4 is 0 Å². The van der Waals surface area contributed by atoms with Crippen LogP contribution in [0.3, 0.4) is 0 Å². The van der Waals surface area contributed by atoms with E-state index in [1.807, 2.05) is 36.4 Å². The van der Waals surface area contributed by atoms with Crippen LogP contribution in [0.4, 0.5) is 0 Å². The summed E-state index contributed by atoms with van der Waals surface area (Å²) >= 11 is 0. The van der Waals surface area contributed by atoms with Gasteiger partial charge in [-0.05, 0) is 33.7 Å². The molecule has 0 aromatic heterocycles. The molecular formula is C34H32NO+. The molecule has 0 bridgehead atoms. The van der Waals surface area contributed by atoms with Crippen LogP contribution in [-0.4, -0.2) is 29.2 Å². The minimum atomic E-state index is -1.05. The van der Waals surface area contributed by atoms with Crippen molar-refractivity contribution in [3.63, 3.8) is 0 Å². The molecule has 0 saturated carbocycles. The molecule has 1 aliphatic carbocycles. The van der Waals surface area contributed by atoms with Gasteiger partial charge in [0, 0.05) is 24.3 Å². The first-order valence-electron chi connectivity index (χ1n) is 13.0. The zero-order valence-corrected chi connectivity index (χ0v) is 20.6. The third-order valence-corrected chi connectivity index (χ3v) is 8.11. The quantitative estimate of drug-likeness (QED) is 0.261. The van der Waals surface area contributed by atoms with Crippen LogP contribution in [0.25, 0.3) is 11.1 Å². The summed E-state index contributed by atoms with van der Waals surface area (Å²) in [6, 6.07) is 38.2. The summed E-state index contributed by atoms with van der Waals surface area (Å²) in [5, 5.41) is 11.9. The van der Waals surface area contributed by atoms with Gasteiger partial charge in [0.2, 0.25) is 0 Å². The standard InChI is InChI=1S/C34H32NO/c36-34(32-19-9-7-17-30(32)31-18-8-10-20-33(31)34)22-11-12-23-35(25-27-13-3-1-4-14-27)24-21-29(26-35)28-15-5-2-6-16-28/h1-10,13-20,29,36H,21-26H2/q+1. The Morgan fingerprint density at radius 2 is 1.31 bits per heavy atom. The molecule has 2 aliphatic rings. The van der Waals surface area contributed by atoms with Crippen molar-refractivity contribution in [2.45, 2.75) is 30.9 Å². The zero-order chi connectivity index (χ0) is 24.4. The summed E-state index contributed by atoms with van der Waals surface area (Å²) in [5.41, 5.74) is 5.93. The molecule has 36 heavy (non-hydrogen) atoms. The molecule has 1 saturated heterocycles. The number of hydrogen-bond acceptors (Lipinski definition) is 1. The first kappa shape index (κ1) is 22.8. The van der Waals surface area contributed by atoms with Crippen LogP contribution in [0, 0.1) is 11.8 Å². The molecule has 0 amide bonds. The van der Waals surface area contributed by atoms with Gasteiger partial charge in [-0.15, -0.1) is 0 Å². The van der Waals surface area contributed by atoms with Crippen LogP contribution >= 0.6 is 0 Å². The van der Waals surface area contributed by atoms with Crippen LogP contribution in [0.1, 0.15) is 41.0 Å². The first-order chi connectivity index (χ1) is 17.7. The fourth-order valence-electron chi connectivity index (χ4n) is 6.30. The van der Waals surface area contributed by atoms with E-state index in [0.29, 0.717) is 12.3 Å². The van der Waals surface area contributed by atoms with Crippen molar-refractivity contribution < 1.29 is 9.59 Å². The van der Waals surface area contributed by atoms with E-state index in [1.54, 1.807) is 0 Å². The van der Waals surface area contributed by atoms with Gasteiger partial charge in [0.15, 0.2) is 0 Å². The lowest BCUT2D eigenvalue weighted by Gasteiger charge is -2.33. The van der Waals surface area contributed by atoms with Crippen LogP contribution in [0.5, 0.6) is 0 Å². The second-order valence-corrected chi connectivity index (χ2v) is 10.4. The Morgan fingerprint density at radius 3 is 1.97 bits per heavy atom. The Morgan fingerprint density at radius 1 is 0.722 bits per heavy atom. The lowest BCUT2D eigenvalue weighted by molar-refractivity contribution is -0.923. The minimum absolute atomic E-state index is 0.411. The van der Waals surface area contributed by atoms with Crippen molar-refractivity contribution in [3.05, 3.63) is 131 Å². The topological polar surface area (TPSA) is 20.2 Å². The van der Waals surface area contributed by atoms with Crippen molar-refractivity contribution in [1.29, 1.82) is 0 Å². The van der Waals surface area contributed by atoms with E-state index in [-0.39, 0.29) is 0 Å². The molecular weight excluding hydrogens is 438 g/mol. The maximum Gasteiger partial charge on any atom is 0.141 e. The molecule has 6 rings (SSSR count). The van der Waals surface area contributed by atoms with Crippen LogP contribution in [0.2, 0.25) is 0 Å². The third kappa shape index (κ3) is 4.16. The van der Waals surface area contributed by atoms with E-state index >= 15 is 0 Å². The van der Waals surface area contributed by atoms with Gasteiger partial charge in [-0.3, -0.25) is 0 Å². The monoisotopic (exact) mass is 470 g/mol. The number of hydrogen-bond donors (Lipinski definition) is 1. The van der Waals surface area contributed by atoms with E-state index in [9.17, 15) is 5.11 Å². The smallest absolute Gasteiger partial charge is 0.141 e. The Labute approximate surface area is 214 Å². The number of nitrogens with zero attached hydrogens (tertiary/aromatic N) is 1. The first-order valence-corrected chi connectivity index (χ1v) is 13.0. The molecule has 0 radical (unpaired) electrons. The SMILES string of the molecule is OC1(CC#CC[N+]2(Cc3ccccc3)CCC(c3ccccc3)C2)c2ccccc2-c2ccccc21. The van der Waals surface area contributed by atoms with Crippen LogP contribution < -0.4 is 0 Å². The average Bonchev–Trinajstić information content (AvgIpc) is 3.46. The predicted octanol–water partition coefficient (Wildman–Crippen LogP) is 6.50. The Hall–Kier alpha value is -3.64. The Balaban J connectivity index is 1.26. The van der Waals surface area contributed by atoms with Gasteiger partial charge in [-0.25, -0.2) is 0 Å². The maximum absolute atomic E-state index is 11.9. The predicted molar refractivity (Wildman–Crippen MR) is 146 cm³/mol. The van der Waals surface area contributed by atoms with Gasteiger partial charge in [0.05, 0.1) is 13.1 Å². The second-order valence-electron chi connectivity index (χ2n) is 10.4. The highest BCUT2D eigenvalue weighted by Crippen LogP contribution is 2.48. The molecule has 2 unspecified atom stereocenters. The molecule has 4 aromatic carbocycles. The van der Waals surface area contributed by atoms with Gasteiger partial charge in [-0.2, -0.15) is 0 Å². The molecule has 4 aromatic rings. The fourth-order valence-corrected chi connectivity index (χ4v) is 6.30. The summed E-state index contributed by atoms with van der Waals surface area (Å²) in [6.07, 6.45) is 1.59. The van der Waals surface area contributed by atoms with Gasteiger partial charge in [0.1, 0.15) is 18.7 Å². The number of aliphatic hydroxyl groups is 1. The summed E-state index contributed by atoms with van der Waals surface area (Å²) < 4.78 is 0.974. The lowest BCUT2D eigenvalue weighted by Crippen LogP contribution is -2.45. The second kappa shape index (κ2) is 9.43. The molecule has 2 nitrogen and oxygen atoms in total.